The first kappa shape index (κ1) is 25.3. The van der Waals surface area contributed by atoms with Crippen molar-refractivity contribution in [2.75, 3.05) is 19.7 Å². The Balaban J connectivity index is 1.39. The number of rotatable bonds is 9. The number of oxazole rings is 1. The van der Waals surface area contributed by atoms with Gasteiger partial charge >= 0.3 is 12.1 Å². The summed E-state index contributed by atoms with van der Waals surface area (Å²) in [7, 11) is 0. The van der Waals surface area contributed by atoms with Crippen LogP contribution in [0.1, 0.15) is 30.9 Å². The largest absolute Gasteiger partial charge is 0.487 e. The second-order valence-corrected chi connectivity index (χ2v) is 9.61. The van der Waals surface area contributed by atoms with Crippen molar-refractivity contribution in [3.8, 4) is 17.2 Å². The zero-order valence-corrected chi connectivity index (χ0v) is 20.8. The summed E-state index contributed by atoms with van der Waals surface area (Å²) >= 11 is 0. The Morgan fingerprint density at radius 1 is 1.14 bits per heavy atom. The maximum Gasteiger partial charge on any atom is 0.409 e. The third-order valence-electron chi connectivity index (χ3n) is 6.24. The molecule has 1 N–H and O–H groups in total. The Labute approximate surface area is 210 Å². The van der Waals surface area contributed by atoms with E-state index in [4.69, 9.17) is 13.9 Å². The van der Waals surface area contributed by atoms with Crippen LogP contribution in [0.3, 0.4) is 0 Å². The van der Waals surface area contributed by atoms with Gasteiger partial charge in [0.05, 0.1) is 12.5 Å². The summed E-state index contributed by atoms with van der Waals surface area (Å²) in [6.07, 6.45) is 0.0656. The third-order valence-corrected chi connectivity index (χ3v) is 6.24. The molecule has 2 atom stereocenters. The summed E-state index contributed by atoms with van der Waals surface area (Å²) in [5, 5.41) is 9.74. The number of aromatic nitrogens is 1. The molecule has 0 unspecified atom stereocenters. The number of nitrogens with zero attached hydrogens (tertiary/aromatic N) is 2. The van der Waals surface area contributed by atoms with Crippen molar-refractivity contribution < 1.29 is 28.6 Å². The molecule has 2 heterocycles. The lowest BCUT2D eigenvalue weighted by molar-refractivity contribution is -0.142. The zero-order chi connectivity index (χ0) is 25.7. The van der Waals surface area contributed by atoms with Crippen molar-refractivity contribution in [3.63, 3.8) is 0 Å². The number of benzene rings is 2. The zero-order valence-electron chi connectivity index (χ0n) is 20.8. The number of aryl methyl sites for hydroxylation is 1. The molecule has 0 spiro atoms. The lowest BCUT2D eigenvalue weighted by atomic mass is 9.90. The molecule has 1 fully saturated rings. The van der Waals surface area contributed by atoms with Gasteiger partial charge in [0.2, 0.25) is 5.89 Å². The fourth-order valence-corrected chi connectivity index (χ4v) is 4.32. The predicted octanol–water partition coefficient (Wildman–Crippen LogP) is 5.20. The summed E-state index contributed by atoms with van der Waals surface area (Å²) in [4.78, 5) is 30.3. The van der Waals surface area contributed by atoms with Crippen molar-refractivity contribution >= 4 is 12.1 Å². The average molecular weight is 493 g/mol. The number of ether oxygens (including phenoxy) is 2. The molecular weight excluding hydrogens is 460 g/mol. The van der Waals surface area contributed by atoms with Crippen LogP contribution in [0.25, 0.3) is 11.5 Å². The molecule has 190 valence electrons. The van der Waals surface area contributed by atoms with Gasteiger partial charge in [0.25, 0.3) is 0 Å². The molecule has 1 aromatic heterocycles. The van der Waals surface area contributed by atoms with Gasteiger partial charge in [-0.1, -0.05) is 44.2 Å². The Hall–Kier alpha value is -3.81. The second-order valence-electron chi connectivity index (χ2n) is 9.61. The highest BCUT2D eigenvalue weighted by atomic mass is 16.6. The van der Waals surface area contributed by atoms with Crippen LogP contribution in [-0.4, -0.2) is 46.7 Å². The van der Waals surface area contributed by atoms with Gasteiger partial charge in [-0.15, -0.1) is 0 Å². The van der Waals surface area contributed by atoms with Gasteiger partial charge in [0, 0.05) is 18.7 Å². The molecule has 1 saturated heterocycles. The van der Waals surface area contributed by atoms with Crippen molar-refractivity contribution in [1.82, 2.24) is 9.88 Å². The Morgan fingerprint density at radius 3 is 2.64 bits per heavy atom. The van der Waals surface area contributed by atoms with E-state index >= 15 is 0 Å². The van der Waals surface area contributed by atoms with Crippen molar-refractivity contribution in [2.45, 2.75) is 33.8 Å². The fourth-order valence-electron chi connectivity index (χ4n) is 4.32. The first-order chi connectivity index (χ1) is 17.3. The number of hydrogen-bond acceptors (Lipinski definition) is 6. The Morgan fingerprint density at radius 2 is 1.92 bits per heavy atom. The van der Waals surface area contributed by atoms with Crippen LogP contribution in [0.15, 0.2) is 59.0 Å². The summed E-state index contributed by atoms with van der Waals surface area (Å²) in [6, 6.07) is 17.3. The Kier molecular flexibility index (Phi) is 7.93. The molecule has 4 rings (SSSR count). The van der Waals surface area contributed by atoms with E-state index < -0.39 is 18.0 Å². The van der Waals surface area contributed by atoms with Crippen LogP contribution in [0, 0.1) is 24.7 Å². The van der Waals surface area contributed by atoms with E-state index in [2.05, 4.69) is 4.98 Å². The number of hydrogen-bond donors (Lipinski definition) is 1. The lowest BCUT2D eigenvalue weighted by Crippen LogP contribution is -2.31. The minimum absolute atomic E-state index is 0.155. The first-order valence-corrected chi connectivity index (χ1v) is 12.2. The minimum Gasteiger partial charge on any atom is -0.487 e. The summed E-state index contributed by atoms with van der Waals surface area (Å²) in [6.45, 7) is 6.85. The van der Waals surface area contributed by atoms with E-state index in [1.807, 2.05) is 75.4 Å². The SMILES string of the molecule is Cc1oc(-c2ccccc2)nc1COc1cccc(C[C@@H]2CN(C(=O)OCC(C)C)C[C@@H]2C(=O)O)c1. The molecule has 0 aliphatic carbocycles. The minimum atomic E-state index is -0.901. The van der Waals surface area contributed by atoms with E-state index in [-0.39, 0.29) is 25.0 Å². The summed E-state index contributed by atoms with van der Waals surface area (Å²) in [5.41, 5.74) is 2.57. The quantitative estimate of drug-likeness (QED) is 0.438. The van der Waals surface area contributed by atoms with E-state index in [0.29, 0.717) is 37.0 Å². The van der Waals surface area contributed by atoms with Gasteiger partial charge in [-0.05, 0) is 55.0 Å². The second kappa shape index (κ2) is 11.3. The van der Waals surface area contributed by atoms with Crippen LogP contribution < -0.4 is 4.74 Å². The molecule has 1 aliphatic rings. The molecule has 8 heteroatoms. The average Bonchev–Trinajstić information content (AvgIpc) is 3.45. The van der Waals surface area contributed by atoms with Gasteiger partial charge in [0.1, 0.15) is 23.8 Å². The maximum atomic E-state index is 12.4. The summed E-state index contributed by atoms with van der Waals surface area (Å²) < 4.78 is 17.1. The number of carboxylic acid groups (broad SMARTS) is 1. The van der Waals surface area contributed by atoms with Crippen LogP contribution in [0.4, 0.5) is 4.79 Å². The van der Waals surface area contributed by atoms with Crippen LogP contribution >= 0.6 is 0 Å². The highest BCUT2D eigenvalue weighted by molar-refractivity contribution is 5.74. The lowest BCUT2D eigenvalue weighted by Gasteiger charge is -2.17. The molecule has 8 nitrogen and oxygen atoms in total. The van der Waals surface area contributed by atoms with E-state index in [0.717, 1.165) is 16.8 Å². The van der Waals surface area contributed by atoms with E-state index in [1.54, 1.807) is 0 Å². The molecule has 1 amide bonds. The van der Waals surface area contributed by atoms with Gasteiger partial charge in [0.15, 0.2) is 0 Å². The number of amides is 1. The normalized spacial score (nSPS) is 17.4. The molecule has 0 bridgehead atoms. The van der Waals surface area contributed by atoms with Crippen molar-refractivity contribution in [1.29, 1.82) is 0 Å². The number of carbonyl (C=O) groups excluding carboxylic acids is 1. The van der Waals surface area contributed by atoms with Crippen LogP contribution in [0.5, 0.6) is 5.75 Å². The molecule has 3 aromatic rings. The maximum absolute atomic E-state index is 12.4. The number of carboxylic acids is 1. The van der Waals surface area contributed by atoms with Gasteiger partial charge < -0.3 is 23.9 Å². The number of carbonyl (C=O) groups is 2. The number of aliphatic carboxylic acids is 1. The molecule has 2 aromatic carbocycles. The van der Waals surface area contributed by atoms with Gasteiger partial charge in [-0.2, -0.15) is 0 Å². The van der Waals surface area contributed by atoms with Crippen LogP contribution in [-0.2, 0) is 22.6 Å². The van der Waals surface area contributed by atoms with E-state index in [1.165, 1.54) is 4.90 Å². The molecule has 1 aliphatic heterocycles. The van der Waals surface area contributed by atoms with Gasteiger partial charge in [-0.25, -0.2) is 9.78 Å². The Bertz CT molecular complexity index is 1190. The van der Waals surface area contributed by atoms with Crippen molar-refractivity contribution in [2.24, 2.45) is 17.8 Å². The molecule has 0 saturated carbocycles. The predicted molar refractivity (Wildman–Crippen MR) is 134 cm³/mol. The molecular formula is C28H32N2O6. The number of likely N-dealkylation sites (tertiary alicyclic amines) is 1. The molecule has 36 heavy (non-hydrogen) atoms. The van der Waals surface area contributed by atoms with Crippen molar-refractivity contribution in [3.05, 3.63) is 71.6 Å². The topological polar surface area (TPSA) is 102 Å². The standard InChI is InChI=1S/C28H32N2O6/c1-18(2)16-35-28(33)30-14-22(24(15-30)27(31)32)12-20-8-7-11-23(13-20)34-17-25-19(3)36-26(29-25)21-9-5-4-6-10-21/h4-11,13,18,22,24H,12,14-17H2,1-3H3,(H,31,32)/t22-,24+/m1/s1. The monoisotopic (exact) mass is 492 g/mol. The fraction of sp³-hybridized carbons (Fsp3) is 0.393. The molecule has 0 radical (unpaired) electrons. The third kappa shape index (κ3) is 6.24. The van der Waals surface area contributed by atoms with Gasteiger partial charge in [-0.3, -0.25) is 4.79 Å². The van der Waals surface area contributed by atoms with Crippen LogP contribution in [0.2, 0.25) is 0 Å². The summed E-state index contributed by atoms with van der Waals surface area (Å²) in [5.74, 6) is 0.376. The highest BCUT2D eigenvalue weighted by Gasteiger charge is 2.40. The smallest absolute Gasteiger partial charge is 0.409 e. The van der Waals surface area contributed by atoms with E-state index in [9.17, 15) is 14.7 Å². The highest BCUT2D eigenvalue weighted by Crippen LogP contribution is 2.29. The first-order valence-electron chi connectivity index (χ1n) is 12.2.